The molecule has 1 aliphatic rings. The molecule has 1 saturated heterocycles. The van der Waals surface area contributed by atoms with Gasteiger partial charge < -0.3 is 15.1 Å². The molecular weight excluding hydrogens is 349 g/mol. The number of nitrogens with zero attached hydrogens (tertiary/aromatic N) is 1. The zero-order chi connectivity index (χ0) is 13.3. The lowest BCUT2D eigenvalue weighted by Crippen LogP contribution is -2.50. The molecule has 0 aliphatic carbocycles. The normalized spacial score (nSPS) is 15.3. The number of phenolic OH excluding ortho intramolecular Hbond substituents is 1. The minimum Gasteiger partial charge on any atom is -0.507 e. The van der Waals surface area contributed by atoms with Crippen LogP contribution in [0.5, 0.6) is 5.75 Å². The van der Waals surface area contributed by atoms with Gasteiger partial charge in [0.25, 0.3) is 5.91 Å². The zero-order valence-electron chi connectivity index (χ0n) is 9.47. The number of carbonyl (C=O) groups is 2. The van der Waals surface area contributed by atoms with Crippen LogP contribution in [0.3, 0.4) is 0 Å². The molecule has 0 radical (unpaired) electrons. The number of carbonyl (C=O) groups excluding carboxylic acids is 1. The summed E-state index contributed by atoms with van der Waals surface area (Å²) in [4.78, 5) is 24.1. The summed E-state index contributed by atoms with van der Waals surface area (Å²) in [6.45, 7) is 0.940. The van der Waals surface area contributed by atoms with E-state index in [4.69, 9.17) is 5.11 Å². The second-order valence-electron chi connectivity index (χ2n) is 4.34. The molecule has 0 aromatic heterocycles. The Morgan fingerprint density at radius 3 is 2.61 bits per heavy atom. The van der Waals surface area contributed by atoms with Crippen LogP contribution < -0.4 is 0 Å². The third kappa shape index (κ3) is 2.74. The van der Waals surface area contributed by atoms with Crippen molar-refractivity contribution in [3.63, 3.8) is 0 Å². The summed E-state index contributed by atoms with van der Waals surface area (Å²) in [5, 5.41) is 18.2. The Morgan fingerprint density at radius 1 is 1.39 bits per heavy atom. The van der Waals surface area contributed by atoms with Gasteiger partial charge in [-0.25, -0.2) is 0 Å². The van der Waals surface area contributed by atoms with Gasteiger partial charge in [0, 0.05) is 24.6 Å². The summed E-state index contributed by atoms with van der Waals surface area (Å²) in [5.74, 6) is -0.865. The van der Waals surface area contributed by atoms with Crippen LogP contribution in [-0.4, -0.2) is 40.1 Å². The van der Waals surface area contributed by atoms with Gasteiger partial charge in [-0.05, 0) is 40.8 Å². The Hall–Kier alpha value is -1.31. The average molecular weight is 361 g/mol. The largest absolute Gasteiger partial charge is 0.507 e. The first-order valence-electron chi connectivity index (χ1n) is 5.47. The first-order valence-corrected chi connectivity index (χ1v) is 6.55. The van der Waals surface area contributed by atoms with Crippen LogP contribution in [0.2, 0.25) is 0 Å². The van der Waals surface area contributed by atoms with E-state index in [1.165, 1.54) is 6.07 Å². The molecule has 5 nitrogen and oxygen atoms in total. The molecule has 18 heavy (non-hydrogen) atoms. The Labute approximate surface area is 118 Å². The summed E-state index contributed by atoms with van der Waals surface area (Å²) in [6.07, 6.45) is 0.0989. The van der Waals surface area contributed by atoms with E-state index in [0.29, 0.717) is 22.2 Å². The summed E-state index contributed by atoms with van der Waals surface area (Å²) < 4.78 is 0.691. The Morgan fingerprint density at radius 2 is 2.06 bits per heavy atom. The van der Waals surface area contributed by atoms with Crippen LogP contribution in [0, 0.1) is 9.49 Å². The quantitative estimate of drug-likeness (QED) is 0.801. The Balaban J connectivity index is 1.97. The molecule has 1 heterocycles. The summed E-state index contributed by atoms with van der Waals surface area (Å²) in [6, 6.07) is 4.78. The minimum atomic E-state index is -0.834. The molecule has 0 atom stereocenters. The number of hydrogen-bond acceptors (Lipinski definition) is 3. The lowest BCUT2D eigenvalue weighted by molar-refractivity contribution is -0.139. The van der Waals surface area contributed by atoms with Crippen LogP contribution in [-0.2, 0) is 4.79 Å². The van der Waals surface area contributed by atoms with E-state index in [0.717, 1.165) is 0 Å². The van der Waals surface area contributed by atoms with E-state index in [2.05, 4.69) is 0 Å². The highest BCUT2D eigenvalue weighted by atomic mass is 127. The van der Waals surface area contributed by atoms with Crippen molar-refractivity contribution in [1.82, 2.24) is 4.90 Å². The topological polar surface area (TPSA) is 77.8 Å². The van der Waals surface area contributed by atoms with Crippen molar-refractivity contribution in [3.8, 4) is 5.75 Å². The van der Waals surface area contributed by atoms with Crippen LogP contribution in [0.1, 0.15) is 16.8 Å². The predicted molar refractivity (Wildman–Crippen MR) is 72.5 cm³/mol. The summed E-state index contributed by atoms with van der Waals surface area (Å²) in [5.41, 5.74) is 0.432. The molecule has 1 fully saturated rings. The van der Waals surface area contributed by atoms with E-state index < -0.39 is 5.97 Å². The van der Waals surface area contributed by atoms with Gasteiger partial charge in [-0.3, -0.25) is 9.59 Å². The van der Waals surface area contributed by atoms with Crippen LogP contribution >= 0.6 is 22.6 Å². The van der Waals surface area contributed by atoms with Gasteiger partial charge in [-0.15, -0.1) is 0 Å². The van der Waals surface area contributed by atoms with Crippen molar-refractivity contribution < 1.29 is 19.8 Å². The number of halogens is 1. The molecule has 1 amide bonds. The highest BCUT2D eigenvalue weighted by Gasteiger charge is 2.32. The lowest BCUT2D eigenvalue weighted by atomic mass is 9.95. The van der Waals surface area contributed by atoms with Gasteiger partial charge >= 0.3 is 5.97 Å². The van der Waals surface area contributed by atoms with E-state index in [1.54, 1.807) is 17.0 Å². The van der Waals surface area contributed by atoms with E-state index in [-0.39, 0.29) is 24.0 Å². The molecule has 1 aromatic carbocycles. The van der Waals surface area contributed by atoms with Crippen LogP contribution in [0.25, 0.3) is 0 Å². The van der Waals surface area contributed by atoms with Crippen molar-refractivity contribution in [2.75, 3.05) is 13.1 Å². The molecule has 1 aromatic rings. The average Bonchev–Trinajstić information content (AvgIpc) is 2.25. The number of aromatic hydroxyl groups is 1. The number of aliphatic carboxylic acids is 1. The number of benzene rings is 1. The molecule has 96 valence electrons. The van der Waals surface area contributed by atoms with Crippen molar-refractivity contribution in [2.24, 2.45) is 5.92 Å². The van der Waals surface area contributed by atoms with Gasteiger partial charge in [0.2, 0.25) is 0 Å². The molecule has 1 aliphatic heterocycles. The van der Waals surface area contributed by atoms with E-state index in [9.17, 15) is 14.7 Å². The molecule has 2 rings (SSSR count). The van der Waals surface area contributed by atoms with Crippen LogP contribution in [0.15, 0.2) is 18.2 Å². The number of carboxylic acid groups (broad SMARTS) is 1. The first-order chi connectivity index (χ1) is 8.47. The van der Waals surface area contributed by atoms with E-state index in [1.807, 2.05) is 22.6 Å². The predicted octanol–water partition coefficient (Wildman–Crippen LogP) is 1.54. The summed E-state index contributed by atoms with van der Waals surface area (Å²) >= 11 is 1.98. The lowest BCUT2D eigenvalue weighted by Gasteiger charge is -2.38. The smallest absolute Gasteiger partial charge is 0.303 e. The van der Waals surface area contributed by atoms with Crippen molar-refractivity contribution in [3.05, 3.63) is 27.3 Å². The standard InChI is InChI=1S/C12H12INO4/c13-9-2-1-8(4-10(9)15)12(18)14-5-7(6-14)3-11(16)17/h1-2,4,7,15H,3,5-6H2,(H,16,17). The SMILES string of the molecule is O=C(O)CC1CN(C(=O)c2ccc(I)c(O)c2)C1. The van der Waals surface area contributed by atoms with Crippen molar-refractivity contribution >= 4 is 34.5 Å². The molecular formula is C12H12INO4. The third-order valence-electron chi connectivity index (χ3n) is 2.90. The fourth-order valence-corrected chi connectivity index (χ4v) is 2.28. The second-order valence-corrected chi connectivity index (χ2v) is 5.50. The number of rotatable bonds is 3. The fraction of sp³-hybridized carbons (Fsp3) is 0.333. The fourth-order valence-electron chi connectivity index (χ4n) is 1.94. The van der Waals surface area contributed by atoms with E-state index >= 15 is 0 Å². The summed E-state index contributed by atoms with van der Waals surface area (Å²) in [7, 11) is 0. The highest BCUT2D eigenvalue weighted by molar-refractivity contribution is 14.1. The first kappa shape index (κ1) is 13.1. The van der Waals surface area contributed by atoms with Gasteiger partial charge in [-0.1, -0.05) is 0 Å². The maximum Gasteiger partial charge on any atom is 0.303 e. The monoisotopic (exact) mass is 361 g/mol. The second kappa shape index (κ2) is 5.13. The molecule has 0 saturated carbocycles. The Kier molecular flexibility index (Phi) is 3.74. The molecule has 2 N–H and O–H groups in total. The molecule has 6 heteroatoms. The molecule has 0 unspecified atom stereocenters. The number of likely N-dealkylation sites (tertiary alicyclic amines) is 1. The molecule has 0 spiro atoms. The highest BCUT2D eigenvalue weighted by Crippen LogP contribution is 2.25. The van der Waals surface area contributed by atoms with Gasteiger partial charge in [0.05, 0.1) is 9.99 Å². The Bertz CT molecular complexity index is 497. The third-order valence-corrected chi connectivity index (χ3v) is 3.81. The molecule has 0 bridgehead atoms. The van der Waals surface area contributed by atoms with Gasteiger partial charge in [-0.2, -0.15) is 0 Å². The minimum absolute atomic E-state index is 0.0453. The maximum absolute atomic E-state index is 12.0. The van der Waals surface area contributed by atoms with Gasteiger partial charge in [0.15, 0.2) is 0 Å². The van der Waals surface area contributed by atoms with Gasteiger partial charge in [0.1, 0.15) is 5.75 Å². The maximum atomic E-state index is 12.0. The van der Waals surface area contributed by atoms with Crippen molar-refractivity contribution in [2.45, 2.75) is 6.42 Å². The van der Waals surface area contributed by atoms with Crippen LogP contribution in [0.4, 0.5) is 0 Å². The number of carboxylic acids is 1. The van der Waals surface area contributed by atoms with Crippen molar-refractivity contribution in [1.29, 1.82) is 0 Å². The number of amides is 1. The number of hydrogen-bond donors (Lipinski definition) is 2. The number of phenols is 1. The zero-order valence-corrected chi connectivity index (χ0v) is 11.6.